The molecule has 1 N–H and O–H groups in total. The van der Waals surface area contributed by atoms with Gasteiger partial charge in [0.05, 0.1) is 5.69 Å². The van der Waals surface area contributed by atoms with Crippen molar-refractivity contribution in [1.29, 1.82) is 0 Å². The van der Waals surface area contributed by atoms with Gasteiger partial charge in [-0.15, -0.1) is 0 Å². The summed E-state index contributed by atoms with van der Waals surface area (Å²) in [6.45, 7) is 16.2. The van der Waals surface area contributed by atoms with E-state index >= 15 is 0 Å². The molecule has 0 aliphatic carbocycles. The van der Waals surface area contributed by atoms with Crippen LogP contribution in [0.1, 0.15) is 66.1 Å². The van der Waals surface area contributed by atoms with E-state index in [4.69, 9.17) is 0 Å². The van der Waals surface area contributed by atoms with Gasteiger partial charge in [-0.3, -0.25) is 4.79 Å². The minimum absolute atomic E-state index is 0.0347. The molecule has 1 heterocycles. The van der Waals surface area contributed by atoms with Crippen LogP contribution in [0.2, 0.25) is 0 Å². The first kappa shape index (κ1) is 17.9. The highest BCUT2D eigenvalue weighted by Crippen LogP contribution is 2.19. The van der Waals surface area contributed by atoms with E-state index in [9.17, 15) is 4.79 Å². The summed E-state index contributed by atoms with van der Waals surface area (Å²) in [5.41, 5.74) is 1.77. The molecule has 1 atom stereocenters. The lowest BCUT2D eigenvalue weighted by Crippen LogP contribution is -2.35. The fraction of sp³-hybridized carbons (Fsp3) is 0.765. The van der Waals surface area contributed by atoms with Gasteiger partial charge in [0.15, 0.2) is 0 Å². The zero-order valence-corrected chi connectivity index (χ0v) is 14.7. The van der Waals surface area contributed by atoms with E-state index in [0.29, 0.717) is 25.0 Å². The van der Waals surface area contributed by atoms with Gasteiger partial charge in [0.1, 0.15) is 0 Å². The Hall–Kier alpha value is -1.16. The van der Waals surface area contributed by atoms with E-state index in [-0.39, 0.29) is 11.0 Å². The number of aromatic nitrogens is 2. The second-order valence-electron chi connectivity index (χ2n) is 7.38. The molecule has 0 bridgehead atoms. The molecular formula is C17H31N3O. The summed E-state index contributed by atoms with van der Waals surface area (Å²) in [4.78, 5) is 12.5. The SMILES string of the molecule is CCC(C)NCc1cc(C(C)(C)C)nn(CC(C)C)c1=O. The van der Waals surface area contributed by atoms with E-state index < -0.39 is 0 Å². The van der Waals surface area contributed by atoms with Gasteiger partial charge in [0, 0.05) is 30.1 Å². The summed E-state index contributed by atoms with van der Waals surface area (Å²) in [7, 11) is 0. The molecule has 1 aromatic rings. The zero-order valence-electron chi connectivity index (χ0n) is 14.7. The summed E-state index contributed by atoms with van der Waals surface area (Å²) < 4.78 is 1.64. The Morgan fingerprint density at radius 3 is 2.38 bits per heavy atom. The van der Waals surface area contributed by atoms with Crippen molar-refractivity contribution in [3.8, 4) is 0 Å². The van der Waals surface area contributed by atoms with Gasteiger partial charge in [-0.1, -0.05) is 41.5 Å². The van der Waals surface area contributed by atoms with Gasteiger partial charge in [0.25, 0.3) is 5.56 Å². The number of nitrogens with one attached hydrogen (secondary N) is 1. The van der Waals surface area contributed by atoms with Crippen LogP contribution in [0.4, 0.5) is 0 Å². The molecule has 1 unspecified atom stereocenters. The number of hydrogen-bond donors (Lipinski definition) is 1. The molecule has 4 nitrogen and oxygen atoms in total. The van der Waals surface area contributed by atoms with E-state index in [1.165, 1.54) is 0 Å². The lowest BCUT2D eigenvalue weighted by atomic mass is 9.91. The third-order valence-corrected chi connectivity index (χ3v) is 3.61. The zero-order chi connectivity index (χ0) is 16.2. The fourth-order valence-electron chi connectivity index (χ4n) is 1.99. The van der Waals surface area contributed by atoms with Crippen molar-refractivity contribution in [3.05, 3.63) is 27.7 Å². The normalized spacial score (nSPS) is 13.7. The summed E-state index contributed by atoms with van der Waals surface area (Å²) in [6.07, 6.45) is 1.05. The molecule has 0 spiro atoms. The van der Waals surface area contributed by atoms with E-state index in [1.807, 2.05) is 6.07 Å². The highest BCUT2D eigenvalue weighted by molar-refractivity contribution is 5.19. The summed E-state index contributed by atoms with van der Waals surface area (Å²) in [6, 6.07) is 2.38. The predicted molar refractivity (Wildman–Crippen MR) is 88.6 cm³/mol. The molecule has 1 aromatic heterocycles. The molecule has 0 fully saturated rings. The van der Waals surface area contributed by atoms with Crippen molar-refractivity contribution < 1.29 is 0 Å². The summed E-state index contributed by atoms with van der Waals surface area (Å²) >= 11 is 0. The molecule has 120 valence electrons. The topological polar surface area (TPSA) is 46.9 Å². The van der Waals surface area contributed by atoms with Crippen LogP contribution in [0.25, 0.3) is 0 Å². The van der Waals surface area contributed by atoms with Crippen LogP contribution in [0.5, 0.6) is 0 Å². The molecule has 0 aliphatic rings. The Morgan fingerprint density at radius 2 is 1.90 bits per heavy atom. The van der Waals surface area contributed by atoms with Crippen molar-refractivity contribution in [2.24, 2.45) is 5.92 Å². The summed E-state index contributed by atoms with van der Waals surface area (Å²) in [5.74, 6) is 0.404. The van der Waals surface area contributed by atoms with Gasteiger partial charge in [-0.05, 0) is 25.3 Å². The van der Waals surface area contributed by atoms with Crippen LogP contribution >= 0.6 is 0 Å². The standard InChI is InChI=1S/C17H31N3O/c1-8-13(4)18-10-14-9-15(17(5,6)7)19-20(16(14)21)11-12(2)3/h9,12-13,18H,8,10-11H2,1-7H3. The van der Waals surface area contributed by atoms with Crippen LogP contribution in [0.15, 0.2) is 10.9 Å². The van der Waals surface area contributed by atoms with Crippen LogP contribution in [0.3, 0.4) is 0 Å². The van der Waals surface area contributed by atoms with Crippen LogP contribution in [0, 0.1) is 5.92 Å². The van der Waals surface area contributed by atoms with E-state index in [0.717, 1.165) is 17.7 Å². The first-order chi connectivity index (χ1) is 9.65. The number of rotatable bonds is 6. The van der Waals surface area contributed by atoms with Crippen LogP contribution in [-0.2, 0) is 18.5 Å². The largest absolute Gasteiger partial charge is 0.310 e. The van der Waals surface area contributed by atoms with Gasteiger partial charge in [-0.2, -0.15) is 5.10 Å². The average molecular weight is 293 g/mol. The van der Waals surface area contributed by atoms with E-state index in [1.54, 1.807) is 4.68 Å². The van der Waals surface area contributed by atoms with Crippen molar-refractivity contribution in [2.75, 3.05) is 0 Å². The Morgan fingerprint density at radius 1 is 1.29 bits per heavy atom. The minimum atomic E-state index is -0.0580. The van der Waals surface area contributed by atoms with Crippen molar-refractivity contribution in [2.45, 2.75) is 79.4 Å². The Bertz CT molecular complexity index is 512. The molecule has 0 saturated carbocycles. The number of nitrogens with zero attached hydrogens (tertiary/aromatic N) is 2. The maximum Gasteiger partial charge on any atom is 0.271 e. The Kier molecular flexibility index (Phi) is 6.14. The molecule has 0 aliphatic heterocycles. The Labute approximate surface area is 129 Å². The van der Waals surface area contributed by atoms with Gasteiger partial charge < -0.3 is 5.32 Å². The van der Waals surface area contributed by atoms with Crippen LogP contribution in [-0.4, -0.2) is 15.8 Å². The quantitative estimate of drug-likeness (QED) is 0.876. The average Bonchev–Trinajstić information content (AvgIpc) is 2.37. The molecule has 4 heteroatoms. The molecule has 0 radical (unpaired) electrons. The molecule has 1 rings (SSSR count). The second kappa shape index (κ2) is 7.21. The van der Waals surface area contributed by atoms with Gasteiger partial charge in [0.2, 0.25) is 0 Å². The smallest absolute Gasteiger partial charge is 0.271 e. The molecule has 21 heavy (non-hydrogen) atoms. The van der Waals surface area contributed by atoms with Crippen LogP contribution < -0.4 is 10.9 Å². The second-order valence-corrected chi connectivity index (χ2v) is 7.38. The monoisotopic (exact) mass is 293 g/mol. The maximum atomic E-state index is 12.5. The molecule has 0 saturated heterocycles. The number of hydrogen-bond acceptors (Lipinski definition) is 3. The fourth-order valence-corrected chi connectivity index (χ4v) is 1.99. The highest BCUT2D eigenvalue weighted by Gasteiger charge is 2.19. The Balaban J connectivity index is 3.18. The van der Waals surface area contributed by atoms with Crippen molar-refractivity contribution in [3.63, 3.8) is 0 Å². The lowest BCUT2D eigenvalue weighted by molar-refractivity contribution is 0.431. The van der Waals surface area contributed by atoms with Crippen molar-refractivity contribution >= 4 is 0 Å². The first-order valence-corrected chi connectivity index (χ1v) is 8.00. The lowest BCUT2D eigenvalue weighted by Gasteiger charge is -2.21. The third kappa shape index (κ3) is 5.27. The highest BCUT2D eigenvalue weighted by atomic mass is 16.1. The van der Waals surface area contributed by atoms with Gasteiger partial charge >= 0.3 is 0 Å². The maximum absolute atomic E-state index is 12.5. The minimum Gasteiger partial charge on any atom is -0.310 e. The van der Waals surface area contributed by atoms with Gasteiger partial charge in [-0.25, -0.2) is 4.68 Å². The first-order valence-electron chi connectivity index (χ1n) is 8.00. The van der Waals surface area contributed by atoms with E-state index in [2.05, 4.69) is 58.9 Å². The molecule has 0 aromatic carbocycles. The molecular weight excluding hydrogens is 262 g/mol. The summed E-state index contributed by atoms with van der Waals surface area (Å²) in [5, 5.41) is 7.98. The molecule has 0 amide bonds. The third-order valence-electron chi connectivity index (χ3n) is 3.61. The van der Waals surface area contributed by atoms with Crippen molar-refractivity contribution in [1.82, 2.24) is 15.1 Å². The predicted octanol–water partition coefficient (Wildman–Crippen LogP) is 3.08.